The van der Waals surface area contributed by atoms with Crippen LogP contribution < -0.4 is 15.4 Å². The van der Waals surface area contributed by atoms with E-state index in [1.54, 1.807) is 22.9 Å². The molecule has 0 fully saturated rings. The van der Waals surface area contributed by atoms with Gasteiger partial charge in [0.15, 0.2) is 6.61 Å². The highest BCUT2D eigenvalue weighted by Crippen LogP contribution is 2.35. The van der Waals surface area contributed by atoms with Gasteiger partial charge in [-0.3, -0.25) is 14.9 Å². The number of hydrogen-bond acceptors (Lipinski definition) is 5. The van der Waals surface area contributed by atoms with E-state index in [0.717, 1.165) is 5.56 Å². The van der Waals surface area contributed by atoms with E-state index in [1.165, 1.54) is 6.33 Å². The minimum atomic E-state index is -0.428. The summed E-state index contributed by atoms with van der Waals surface area (Å²) in [6, 6.07) is 14.3. The Morgan fingerprint density at radius 1 is 1.28 bits per heavy atom. The minimum Gasteiger partial charge on any atom is -0.483 e. The van der Waals surface area contributed by atoms with Crippen LogP contribution in [0.2, 0.25) is 5.02 Å². The topological polar surface area (TPSA) is 98.1 Å². The number of ether oxygens (including phenoxy) is 1. The third-order valence-corrected chi connectivity index (χ3v) is 4.76. The lowest BCUT2D eigenvalue weighted by Crippen LogP contribution is -2.30. The van der Waals surface area contributed by atoms with Gasteiger partial charge in [-0.1, -0.05) is 41.9 Å². The highest BCUT2D eigenvalue weighted by atomic mass is 35.5. The van der Waals surface area contributed by atoms with E-state index in [1.807, 2.05) is 30.3 Å². The van der Waals surface area contributed by atoms with Crippen LogP contribution in [0.5, 0.6) is 5.75 Å². The molecule has 1 aromatic heterocycles. The van der Waals surface area contributed by atoms with E-state index in [2.05, 4.69) is 20.7 Å². The fraction of sp³-hybridized carbons (Fsp3) is 0.200. The third-order valence-electron chi connectivity index (χ3n) is 4.52. The van der Waals surface area contributed by atoms with Gasteiger partial charge in [-0.25, -0.2) is 4.68 Å². The number of anilines is 1. The van der Waals surface area contributed by atoms with Crippen molar-refractivity contribution in [2.24, 2.45) is 0 Å². The van der Waals surface area contributed by atoms with Gasteiger partial charge in [-0.2, -0.15) is 10.1 Å². The summed E-state index contributed by atoms with van der Waals surface area (Å²) in [7, 11) is 0. The summed E-state index contributed by atoms with van der Waals surface area (Å²) in [4.78, 5) is 28.3. The van der Waals surface area contributed by atoms with E-state index < -0.39 is 6.04 Å². The van der Waals surface area contributed by atoms with Crippen molar-refractivity contribution in [1.29, 1.82) is 0 Å². The molecule has 29 heavy (non-hydrogen) atoms. The Hall–Kier alpha value is -3.39. The maximum absolute atomic E-state index is 12.2. The molecule has 0 radical (unpaired) electrons. The number of nitrogens with zero attached hydrogens (tertiary/aromatic N) is 3. The number of benzene rings is 2. The summed E-state index contributed by atoms with van der Waals surface area (Å²) in [5.41, 5.74) is 1.66. The predicted molar refractivity (Wildman–Crippen MR) is 107 cm³/mol. The zero-order valence-corrected chi connectivity index (χ0v) is 16.1. The van der Waals surface area contributed by atoms with Crippen LogP contribution in [0.25, 0.3) is 0 Å². The summed E-state index contributed by atoms with van der Waals surface area (Å²) in [6.45, 7) is 0.256. The number of halogens is 1. The number of carbonyl (C=O) groups is 2. The summed E-state index contributed by atoms with van der Waals surface area (Å²) >= 11 is 6.17. The lowest BCUT2D eigenvalue weighted by atomic mass is 10.0. The van der Waals surface area contributed by atoms with E-state index in [-0.39, 0.29) is 24.8 Å². The highest BCUT2D eigenvalue weighted by molar-refractivity contribution is 6.30. The summed E-state index contributed by atoms with van der Waals surface area (Å²) in [5.74, 6) is 0.391. The average molecular weight is 412 g/mol. The van der Waals surface area contributed by atoms with Crippen LogP contribution in [-0.2, 0) is 16.1 Å². The normalized spacial score (nSPS) is 15.3. The molecule has 0 saturated carbocycles. The number of fused-ring (bicyclic) bond motifs is 1. The highest BCUT2D eigenvalue weighted by Gasteiger charge is 2.30. The molecule has 0 aliphatic carbocycles. The Morgan fingerprint density at radius 2 is 2.10 bits per heavy atom. The Balaban J connectivity index is 1.48. The second-order valence-corrected chi connectivity index (χ2v) is 6.97. The molecule has 2 amide bonds. The number of hydrogen-bond donors (Lipinski definition) is 2. The largest absolute Gasteiger partial charge is 0.483 e. The maximum atomic E-state index is 12.2. The van der Waals surface area contributed by atoms with E-state index in [9.17, 15) is 9.59 Å². The van der Waals surface area contributed by atoms with Gasteiger partial charge in [0.1, 0.15) is 12.1 Å². The Morgan fingerprint density at radius 3 is 2.93 bits per heavy atom. The SMILES string of the molecule is O=C(COc1ccc(Cl)cc1[C@@H]1CC(=O)Nc2ncnn21)NCc1ccccc1. The monoisotopic (exact) mass is 411 g/mol. The van der Waals surface area contributed by atoms with Crippen molar-refractivity contribution < 1.29 is 14.3 Å². The maximum Gasteiger partial charge on any atom is 0.258 e. The molecule has 2 heterocycles. The third kappa shape index (κ3) is 4.38. The fourth-order valence-corrected chi connectivity index (χ4v) is 3.33. The van der Waals surface area contributed by atoms with Crippen LogP contribution >= 0.6 is 11.6 Å². The van der Waals surface area contributed by atoms with E-state index >= 15 is 0 Å². The lowest BCUT2D eigenvalue weighted by Gasteiger charge is -2.25. The van der Waals surface area contributed by atoms with Crippen molar-refractivity contribution >= 4 is 29.4 Å². The summed E-state index contributed by atoms with van der Waals surface area (Å²) in [5, 5.41) is 10.2. The molecule has 9 heteroatoms. The van der Waals surface area contributed by atoms with Gasteiger partial charge in [0, 0.05) is 17.1 Å². The van der Waals surface area contributed by atoms with Crippen molar-refractivity contribution in [3.8, 4) is 5.75 Å². The van der Waals surface area contributed by atoms with Crippen molar-refractivity contribution in [3.63, 3.8) is 0 Å². The van der Waals surface area contributed by atoms with Crippen LogP contribution in [-0.4, -0.2) is 33.2 Å². The average Bonchev–Trinajstić information content (AvgIpc) is 3.20. The molecule has 0 saturated heterocycles. The Labute approximate surface area is 171 Å². The van der Waals surface area contributed by atoms with E-state index in [4.69, 9.17) is 16.3 Å². The van der Waals surface area contributed by atoms with Crippen molar-refractivity contribution in [2.75, 3.05) is 11.9 Å². The van der Waals surface area contributed by atoms with Gasteiger partial charge in [0.25, 0.3) is 5.91 Å². The van der Waals surface area contributed by atoms with Crippen LogP contribution in [0, 0.1) is 0 Å². The molecule has 8 nitrogen and oxygen atoms in total. The zero-order valence-electron chi connectivity index (χ0n) is 15.3. The van der Waals surface area contributed by atoms with Gasteiger partial charge < -0.3 is 10.1 Å². The van der Waals surface area contributed by atoms with Crippen LogP contribution in [0.3, 0.4) is 0 Å². The van der Waals surface area contributed by atoms with Crippen LogP contribution in [0.1, 0.15) is 23.6 Å². The second-order valence-electron chi connectivity index (χ2n) is 6.53. The fourth-order valence-electron chi connectivity index (χ4n) is 3.15. The molecule has 0 bridgehead atoms. The van der Waals surface area contributed by atoms with Gasteiger partial charge in [-0.15, -0.1) is 0 Å². The Kier molecular flexibility index (Phi) is 5.44. The van der Waals surface area contributed by atoms with Gasteiger partial charge >= 0.3 is 0 Å². The molecule has 0 spiro atoms. The molecule has 148 valence electrons. The number of rotatable bonds is 6. The first-order valence-corrected chi connectivity index (χ1v) is 9.40. The molecular weight excluding hydrogens is 394 g/mol. The molecule has 2 N–H and O–H groups in total. The molecule has 1 aliphatic heterocycles. The number of nitrogens with one attached hydrogen (secondary N) is 2. The first-order valence-electron chi connectivity index (χ1n) is 9.02. The molecular formula is C20H18ClN5O3. The molecule has 0 unspecified atom stereocenters. The zero-order chi connectivity index (χ0) is 20.2. The van der Waals surface area contributed by atoms with Gasteiger partial charge in [0.05, 0.1) is 12.5 Å². The molecule has 4 rings (SSSR count). The summed E-state index contributed by atoms with van der Waals surface area (Å²) in [6.07, 6.45) is 1.53. The second kappa shape index (κ2) is 8.32. The van der Waals surface area contributed by atoms with Crippen LogP contribution in [0.4, 0.5) is 5.95 Å². The van der Waals surface area contributed by atoms with Crippen LogP contribution in [0.15, 0.2) is 54.9 Å². The van der Waals surface area contributed by atoms with Crippen molar-refractivity contribution in [3.05, 3.63) is 71.0 Å². The van der Waals surface area contributed by atoms with E-state index in [0.29, 0.717) is 28.8 Å². The predicted octanol–water partition coefficient (Wildman–Crippen LogP) is 2.56. The summed E-state index contributed by atoms with van der Waals surface area (Å²) < 4.78 is 7.37. The molecule has 1 aliphatic rings. The standard InChI is InChI=1S/C20H18ClN5O3/c21-14-6-7-17(29-11-19(28)22-10-13-4-2-1-3-5-13)15(8-14)16-9-18(27)25-20-23-12-24-26(16)20/h1-8,12,16H,9-11H2,(H,22,28)(H,23,24,25,27)/t16-/m0/s1. The molecule has 1 atom stereocenters. The smallest absolute Gasteiger partial charge is 0.258 e. The minimum absolute atomic E-state index is 0.160. The van der Waals surface area contributed by atoms with Gasteiger partial charge in [0.2, 0.25) is 11.9 Å². The van der Waals surface area contributed by atoms with Crippen molar-refractivity contribution in [2.45, 2.75) is 19.0 Å². The first-order chi connectivity index (χ1) is 14.1. The van der Waals surface area contributed by atoms with Crippen molar-refractivity contribution in [1.82, 2.24) is 20.1 Å². The number of aromatic nitrogens is 3. The molecule has 2 aromatic carbocycles. The number of amides is 2. The quantitative estimate of drug-likeness (QED) is 0.649. The first kappa shape index (κ1) is 18.9. The Bertz CT molecular complexity index is 1040. The molecule has 3 aromatic rings. The number of carbonyl (C=O) groups excluding carboxylic acids is 2. The lowest BCUT2D eigenvalue weighted by molar-refractivity contribution is -0.123. The van der Waals surface area contributed by atoms with Gasteiger partial charge in [-0.05, 0) is 23.8 Å².